The number of ketones is 1. The molecule has 0 aliphatic heterocycles. The SMILES string of the molecule is CCOC(=O)c1c(C)[nH]c(C)c1C(=O)COC(=O)[C@H](C)Sc1ccccc1. The van der Waals surface area contributed by atoms with Crippen molar-refractivity contribution >= 4 is 29.5 Å². The summed E-state index contributed by atoms with van der Waals surface area (Å²) in [4.78, 5) is 40.8. The Morgan fingerprint density at radius 3 is 2.30 bits per heavy atom. The van der Waals surface area contributed by atoms with Crippen LogP contribution in [0.15, 0.2) is 35.2 Å². The Morgan fingerprint density at radius 2 is 1.67 bits per heavy atom. The molecule has 0 amide bonds. The molecular weight excluding hydrogens is 366 g/mol. The smallest absolute Gasteiger partial charge is 0.340 e. The van der Waals surface area contributed by atoms with Crippen LogP contribution in [-0.2, 0) is 14.3 Å². The van der Waals surface area contributed by atoms with Crippen molar-refractivity contribution in [1.82, 2.24) is 4.98 Å². The van der Waals surface area contributed by atoms with E-state index in [0.29, 0.717) is 11.4 Å². The molecule has 0 unspecified atom stereocenters. The lowest BCUT2D eigenvalue weighted by Gasteiger charge is -2.11. The maximum atomic E-state index is 12.6. The Morgan fingerprint density at radius 1 is 1.04 bits per heavy atom. The minimum absolute atomic E-state index is 0.196. The predicted molar refractivity (Wildman–Crippen MR) is 103 cm³/mol. The van der Waals surface area contributed by atoms with Gasteiger partial charge < -0.3 is 14.5 Å². The maximum absolute atomic E-state index is 12.6. The average molecular weight is 389 g/mol. The van der Waals surface area contributed by atoms with Crippen LogP contribution < -0.4 is 0 Å². The van der Waals surface area contributed by atoms with Gasteiger partial charge in [-0.3, -0.25) is 9.59 Å². The van der Waals surface area contributed by atoms with Gasteiger partial charge in [0.2, 0.25) is 5.78 Å². The fourth-order valence-corrected chi connectivity index (χ4v) is 3.55. The van der Waals surface area contributed by atoms with E-state index in [1.807, 2.05) is 30.3 Å². The number of esters is 2. The van der Waals surface area contributed by atoms with Crippen LogP contribution in [0.4, 0.5) is 0 Å². The quantitative estimate of drug-likeness (QED) is 0.421. The number of hydrogen-bond acceptors (Lipinski definition) is 6. The zero-order valence-electron chi connectivity index (χ0n) is 15.8. The summed E-state index contributed by atoms with van der Waals surface area (Å²) in [6.07, 6.45) is 0. The number of aromatic nitrogens is 1. The minimum atomic E-state index is -0.568. The number of carbonyl (C=O) groups excluding carboxylic acids is 3. The minimum Gasteiger partial charge on any atom is -0.462 e. The molecule has 1 aromatic heterocycles. The van der Waals surface area contributed by atoms with E-state index in [9.17, 15) is 14.4 Å². The summed E-state index contributed by atoms with van der Waals surface area (Å²) < 4.78 is 10.2. The van der Waals surface area contributed by atoms with Crippen LogP contribution >= 0.6 is 11.8 Å². The summed E-state index contributed by atoms with van der Waals surface area (Å²) in [6, 6.07) is 9.47. The Kier molecular flexibility index (Phi) is 7.24. The number of benzene rings is 1. The van der Waals surface area contributed by atoms with Crippen LogP contribution in [0, 0.1) is 13.8 Å². The summed E-state index contributed by atoms with van der Waals surface area (Å²) in [5, 5.41) is -0.459. The normalized spacial score (nSPS) is 11.7. The number of thioether (sulfide) groups is 1. The van der Waals surface area contributed by atoms with E-state index in [1.165, 1.54) is 11.8 Å². The topological polar surface area (TPSA) is 85.5 Å². The number of aromatic amines is 1. The number of carbonyl (C=O) groups is 3. The van der Waals surface area contributed by atoms with Gasteiger partial charge in [-0.05, 0) is 39.8 Å². The summed E-state index contributed by atoms with van der Waals surface area (Å²) in [6.45, 7) is 6.59. The van der Waals surface area contributed by atoms with Crippen molar-refractivity contribution in [2.75, 3.05) is 13.2 Å². The molecule has 6 nitrogen and oxygen atoms in total. The van der Waals surface area contributed by atoms with Gasteiger partial charge in [0.05, 0.1) is 17.7 Å². The third-order valence-electron chi connectivity index (χ3n) is 3.87. The van der Waals surface area contributed by atoms with E-state index in [4.69, 9.17) is 9.47 Å². The van der Waals surface area contributed by atoms with Gasteiger partial charge in [-0.2, -0.15) is 0 Å². The van der Waals surface area contributed by atoms with E-state index >= 15 is 0 Å². The number of ether oxygens (including phenoxy) is 2. The van der Waals surface area contributed by atoms with E-state index in [-0.39, 0.29) is 17.7 Å². The van der Waals surface area contributed by atoms with Gasteiger partial charge in [-0.1, -0.05) is 18.2 Å². The third-order valence-corrected chi connectivity index (χ3v) is 4.96. The highest BCUT2D eigenvalue weighted by Crippen LogP contribution is 2.24. The molecule has 2 aromatic rings. The molecule has 1 aromatic carbocycles. The molecule has 0 aliphatic rings. The summed E-state index contributed by atoms with van der Waals surface area (Å²) >= 11 is 1.35. The molecule has 0 saturated heterocycles. The lowest BCUT2D eigenvalue weighted by atomic mass is 10.1. The first-order chi connectivity index (χ1) is 12.8. The predicted octanol–water partition coefficient (Wildman–Crippen LogP) is 3.71. The first-order valence-electron chi connectivity index (χ1n) is 8.63. The highest BCUT2D eigenvalue weighted by Gasteiger charge is 2.26. The lowest BCUT2D eigenvalue weighted by Crippen LogP contribution is -2.22. The molecule has 0 bridgehead atoms. The van der Waals surface area contributed by atoms with Crippen LogP contribution in [0.25, 0.3) is 0 Å². The van der Waals surface area contributed by atoms with Crippen LogP contribution in [0.5, 0.6) is 0 Å². The van der Waals surface area contributed by atoms with Crippen LogP contribution in [0.2, 0.25) is 0 Å². The number of nitrogens with one attached hydrogen (secondary N) is 1. The zero-order chi connectivity index (χ0) is 20.0. The number of H-pyrrole nitrogens is 1. The van der Waals surface area contributed by atoms with Gasteiger partial charge in [-0.15, -0.1) is 11.8 Å². The molecule has 27 heavy (non-hydrogen) atoms. The van der Waals surface area contributed by atoms with Gasteiger partial charge in [-0.25, -0.2) is 4.79 Å². The summed E-state index contributed by atoms with van der Waals surface area (Å²) in [5.41, 5.74) is 1.50. The molecule has 0 radical (unpaired) electrons. The van der Waals surface area contributed by atoms with Gasteiger partial charge in [0, 0.05) is 16.3 Å². The fourth-order valence-electron chi connectivity index (χ4n) is 2.67. The van der Waals surface area contributed by atoms with Crippen molar-refractivity contribution in [2.24, 2.45) is 0 Å². The second-order valence-corrected chi connectivity index (χ2v) is 7.36. The number of aryl methyl sites for hydroxylation is 2. The molecule has 2 rings (SSSR count). The van der Waals surface area contributed by atoms with Crippen molar-refractivity contribution in [3.63, 3.8) is 0 Å². The number of rotatable bonds is 8. The average Bonchev–Trinajstić information content (AvgIpc) is 2.94. The highest BCUT2D eigenvalue weighted by atomic mass is 32.2. The second-order valence-electron chi connectivity index (χ2n) is 5.95. The third kappa shape index (κ3) is 5.23. The molecule has 1 atom stereocenters. The molecule has 0 aliphatic carbocycles. The Hall–Kier alpha value is -2.54. The van der Waals surface area contributed by atoms with E-state index in [2.05, 4.69) is 4.98 Å². The molecule has 1 heterocycles. The molecule has 0 spiro atoms. The lowest BCUT2D eigenvalue weighted by molar-refractivity contribution is -0.141. The maximum Gasteiger partial charge on any atom is 0.340 e. The van der Waals surface area contributed by atoms with Crippen molar-refractivity contribution < 1.29 is 23.9 Å². The monoisotopic (exact) mass is 389 g/mol. The van der Waals surface area contributed by atoms with Gasteiger partial charge in [0.15, 0.2) is 6.61 Å². The second kappa shape index (κ2) is 9.41. The van der Waals surface area contributed by atoms with Crippen molar-refractivity contribution in [3.8, 4) is 0 Å². The van der Waals surface area contributed by atoms with Crippen LogP contribution in [-0.4, -0.2) is 41.2 Å². The highest BCUT2D eigenvalue weighted by molar-refractivity contribution is 8.00. The number of Topliss-reactive ketones (excluding diaryl/α,β-unsaturated/α-hetero) is 1. The summed E-state index contributed by atoms with van der Waals surface area (Å²) in [5.74, 6) is -1.49. The van der Waals surface area contributed by atoms with Gasteiger partial charge in [0.25, 0.3) is 0 Å². The van der Waals surface area contributed by atoms with Gasteiger partial charge >= 0.3 is 11.9 Å². The molecule has 7 heteroatoms. The van der Waals surface area contributed by atoms with E-state index in [1.54, 1.807) is 27.7 Å². The molecule has 0 fully saturated rings. The largest absolute Gasteiger partial charge is 0.462 e. The van der Waals surface area contributed by atoms with Crippen molar-refractivity contribution in [1.29, 1.82) is 0 Å². The molecule has 0 saturated carbocycles. The molecule has 144 valence electrons. The van der Waals surface area contributed by atoms with Crippen molar-refractivity contribution in [3.05, 3.63) is 52.8 Å². The van der Waals surface area contributed by atoms with E-state index in [0.717, 1.165) is 4.90 Å². The first kappa shape index (κ1) is 20.8. The molecule has 1 N–H and O–H groups in total. The molecular formula is C20H23NO5S. The van der Waals surface area contributed by atoms with Crippen LogP contribution in [0.3, 0.4) is 0 Å². The fraction of sp³-hybridized carbons (Fsp3) is 0.350. The van der Waals surface area contributed by atoms with Crippen molar-refractivity contribution in [2.45, 2.75) is 37.8 Å². The van der Waals surface area contributed by atoms with Crippen LogP contribution in [0.1, 0.15) is 46.0 Å². The van der Waals surface area contributed by atoms with E-state index < -0.39 is 29.6 Å². The number of hydrogen-bond donors (Lipinski definition) is 1. The van der Waals surface area contributed by atoms with Gasteiger partial charge in [0.1, 0.15) is 5.25 Å². The first-order valence-corrected chi connectivity index (χ1v) is 9.50. The zero-order valence-corrected chi connectivity index (χ0v) is 16.6. The Bertz CT molecular complexity index is 828. The Labute approximate surface area is 162 Å². The standard InChI is InChI=1S/C20H23NO5S/c1-5-25-20(24)18-13(3)21-12(2)17(18)16(22)11-26-19(23)14(4)27-15-9-7-6-8-10-15/h6-10,14,21H,5,11H2,1-4H3/t14-/m0/s1. The Balaban J connectivity index is 2.03. The summed E-state index contributed by atoms with van der Waals surface area (Å²) in [7, 11) is 0.